The highest BCUT2D eigenvalue weighted by molar-refractivity contribution is 5.86. The van der Waals surface area contributed by atoms with E-state index in [0.29, 0.717) is 18.8 Å². The first kappa shape index (κ1) is 12.8. The Morgan fingerprint density at radius 2 is 2.29 bits per heavy atom. The lowest BCUT2D eigenvalue weighted by Crippen LogP contribution is -2.53. The number of rotatable bonds is 2. The molecule has 2 aromatic rings. The summed E-state index contributed by atoms with van der Waals surface area (Å²) in [4.78, 5) is 14.5. The summed E-state index contributed by atoms with van der Waals surface area (Å²) < 4.78 is 11.0. The molecule has 2 saturated heterocycles. The maximum atomic E-state index is 12.6. The topological polar surface area (TPSA) is 67.6 Å². The second-order valence-electron chi connectivity index (χ2n) is 5.52. The summed E-state index contributed by atoms with van der Waals surface area (Å²) >= 11 is 0. The van der Waals surface area contributed by atoms with E-state index in [1.165, 1.54) is 0 Å². The minimum atomic E-state index is 0.0936. The first-order valence-corrected chi connectivity index (χ1v) is 7.28. The van der Waals surface area contributed by atoms with E-state index < -0.39 is 0 Å². The zero-order chi connectivity index (χ0) is 14.2. The van der Waals surface area contributed by atoms with Gasteiger partial charge < -0.3 is 19.5 Å². The molecular formula is C15H17N3O3. The van der Waals surface area contributed by atoms with Crippen molar-refractivity contribution in [1.82, 2.24) is 15.4 Å². The molecular weight excluding hydrogens is 270 g/mol. The fraction of sp³-hybridized carbons (Fsp3) is 0.467. The average Bonchev–Trinajstić information content (AvgIpc) is 3.14. The van der Waals surface area contributed by atoms with Crippen molar-refractivity contribution in [1.29, 1.82) is 0 Å². The Hall–Kier alpha value is -1.92. The molecule has 0 unspecified atom stereocenters. The number of amides is 1. The van der Waals surface area contributed by atoms with Gasteiger partial charge in [0.25, 0.3) is 0 Å². The highest BCUT2D eigenvalue weighted by atomic mass is 16.5. The van der Waals surface area contributed by atoms with E-state index in [0.717, 1.165) is 24.1 Å². The molecule has 3 heterocycles. The summed E-state index contributed by atoms with van der Waals surface area (Å²) in [6.07, 6.45) is 0.400. The number of fused-ring (bicyclic) bond motifs is 2. The Labute approximate surface area is 122 Å². The second-order valence-corrected chi connectivity index (χ2v) is 5.52. The SMILES string of the molecule is O=C(Cc1noc2ccccc12)N1CCO[C@H]2CNC[C@H]21. The molecule has 1 amide bonds. The molecule has 21 heavy (non-hydrogen) atoms. The summed E-state index contributed by atoms with van der Waals surface area (Å²) in [5.74, 6) is 0.0936. The van der Waals surface area contributed by atoms with Gasteiger partial charge in [-0.1, -0.05) is 17.3 Å². The molecule has 6 nitrogen and oxygen atoms in total. The lowest BCUT2D eigenvalue weighted by atomic mass is 10.1. The molecule has 1 aromatic carbocycles. The van der Waals surface area contributed by atoms with Gasteiger partial charge in [-0.2, -0.15) is 0 Å². The summed E-state index contributed by atoms with van der Waals surface area (Å²) in [5.41, 5.74) is 1.44. The molecule has 2 fully saturated rings. The molecule has 0 aliphatic carbocycles. The van der Waals surface area contributed by atoms with E-state index in [2.05, 4.69) is 10.5 Å². The molecule has 4 rings (SSSR count). The number of carbonyl (C=O) groups is 1. The molecule has 0 bridgehead atoms. The fourth-order valence-electron chi connectivity index (χ4n) is 3.21. The normalized spacial score (nSPS) is 25.2. The predicted octanol–water partition coefficient (Wildman–Crippen LogP) is 0.569. The number of nitrogens with zero attached hydrogens (tertiary/aromatic N) is 2. The third-order valence-electron chi connectivity index (χ3n) is 4.28. The van der Waals surface area contributed by atoms with Crippen LogP contribution in [0.5, 0.6) is 0 Å². The zero-order valence-electron chi connectivity index (χ0n) is 11.6. The van der Waals surface area contributed by atoms with Gasteiger partial charge in [0.1, 0.15) is 5.69 Å². The molecule has 1 aromatic heterocycles. The van der Waals surface area contributed by atoms with Gasteiger partial charge in [-0.3, -0.25) is 4.79 Å². The number of nitrogens with one attached hydrogen (secondary N) is 1. The quantitative estimate of drug-likeness (QED) is 0.874. The molecule has 6 heteroatoms. The lowest BCUT2D eigenvalue weighted by Gasteiger charge is -2.36. The first-order chi connectivity index (χ1) is 10.3. The zero-order valence-corrected chi connectivity index (χ0v) is 11.6. The third-order valence-corrected chi connectivity index (χ3v) is 4.28. The molecule has 110 valence electrons. The first-order valence-electron chi connectivity index (χ1n) is 7.28. The van der Waals surface area contributed by atoms with Gasteiger partial charge in [0, 0.05) is 25.0 Å². The van der Waals surface area contributed by atoms with E-state index in [4.69, 9.17) is 9.26 Å². The van der Waals surface area contributed by atoms with Crippen LogP contribution in [0.1, 0.15) is 5.69 Å². The van der Waals surface area contributed by atoms with E-state index >= 15 is 0 Å². The second kappa shape index (κ2) is 5.13. The van der Waals surface area contributed by atoms with Crippen molar-refractivity contribution in [3.05, 3.63) is 30.0 Å². The van der Waals surface area contributed by atoms with Crippen molar-refractivity contribution in [3.63, 3.8) is 0 Å². The Bertz CT molecular complexity index is 669. The maximum Gasteiger partial charge on any atom is 0.229 e. The number of carbonyl (C=O) groups excluding carboxylic acids is 1. The number of aromatic nitrogens is 1. The van der Waals surface area contributed by atoms with Crippen LogP contribution in [0.2, 0.25) is 0 Å². The Morgan fingerprint density at radius 1 is 1.38 bits per heavy atom. The monoisotopic (exact) mass is 287 g/mol. The predicted molar refractivity (Wildman–Crippen MR) is 75.8 cm³/mol. The standard InChI is InChI=1S/C15H17N3O3/c19-15(18-5-6-20-14-9-16-8-12(14)18)7-11-10-3-1-2-4-13(10)21-17-11/h1-4,12,14,16H,5-9H2/t12-,14+/m1/s1. The van der Waals surface area contributed by atoms with Crippen LogP contribution in [0.3, 0.4) is 0 Å². The Morgan fingerprint density at radius 3 is 3.24 bits per heavy atom. The minimum absolute atomic E-state index is 0.0936. The number of ether oxygens (including phenoxy) is 1. The summed E-state index contributed by atoms with van der Waals surface area (Å²) in [6, 6.07) is 7.77. The lowest BCUT2D eigenvalue weighted by molar-refractivity contribution is -0.142. The molecule has 1 N–H and O–H groups in total. The summed E-state index contributed by atoms with van der Waals surface area (Å²) in [6.45, 7) is 2.88. The van der Waals surface area contributed by atoms with Gasteiger partial charge in [0.15, 0.2) is 5.58 Å². The van der Waals surface area contributed by atoms with Crippen LogP contribution in [0, 0.1) is 0 Å². The van der Waals surface area contributed by atoms with Crippen LogP contribution in [-0.4, -0.2) is 54.4 Å². The van der Waals surface area contributed by atoms with Gasteiger partial charge >= 0.3 is 0 Å². The van der Waals surface area contributed by atoms with Gasteiger partial charge in [-0.05, 0) is 12.1 Å². The van der Waals surface area contributed by atoms with E-state index in [-0.39, 0.29) is 24.5 Å². The smallest absolute Gasteiger partial charge is 0.229 e. The van der Waals surface area contributed by atoms with Gasteiger partial charge in [-0.15, -0.1) is 0 Å². The van der Waals surface area contributed by atoms with E-state index in [1.54, 1.807) is 0 Å². The van der Waals surface area contributed by atoms with Crippen molar-refractivity contribution in [3.8, 4) is 0 Å². The largest absolute Gasteiger partial charge is 0.373 e. The molecule has 0 radical (unpaired) electrons. The molecule has 0 spiro atoms. The van der Waals surface area contributed by atoms with Crippen LogP contribution in [-0.2, 0) is 16.0 Å². The van der Waals surface area contributed by atoms with Crippen molar-refractivity contribution in [2.24, 2.45) is 0 Å². The van der Waals surface area contributed by atoms with Crippen LogP contribution in [0.4, 0.5) is 0 Å². The minimum Gasteiger partial charge on any atom is -0.373 e. The average molecular weight is 287 g/mol. The molecule has 2 aliphatic heterocycles. The van der Waals surface area contributed by atoms with Crippen molar-refractivity contribution in [2.75, 3.05) is 26.2 Å². The number of hydrogen-bond acceptors (Lipinski definition) is 5. The van der Waals surface area contributed by atoms with E-state index in [1.807, 2.05) is 29.2 Å². The number of para-hydroxylation sites is 1. The molecule has 0 saturated carbocycles. The van der Waals surface area contributed by atoms with Gasteiger partial charge in [0.05, 0.1) is 25.2 Å². The van der Waals surface area contributed by atoms with Crippen molar-refractivity contribution >= 4 is 16.9 Å². The van der Waals surface area contributed by atoms with Crippen molar-refractivity contribution < 1.29 is 14.1 Å². The van der Waals surface area contributed by atoms with Crippen LogP contribution in [0.25, 0.3) is 11.0 Å². The summed E-state index contributed by atoms with van der Waals surface area (Å²) in [7, 11) is 0. The number of hydrogen-bond donors (Lipinski definition) is 1. The van der Waals surface area contributed by atoms with Gasteiger partial charge in [0.2, 0.25) is 5.91 Å². The fourth-order valence-corrected chi connectivity index (χ4v) is 3.21. The molecule has 2 aliphatic rings. The van der Waals surface area contributed by atoms with Crippen LogP contribution < -0.4 is 5.32 Å². The van der Waals surface area contributed by atoms with Gasteiger partial charge in [-0.25, -0.2) is 0 Å². The number of morpholine rings is 1. The molecule has 2 atom stereocenters. The number of benzene rings is 1. The Balaban J connectivity index is 1.55. The van der Waals surface area contributed by atoms with Crippen molar-refractivity contribution in [2.45, 2.75) is 18.6 Å². The third kappa shape index (κ3) is 2.20. The maximum absolute atomic E-state index is 12.6. The highest BCUT2D eigenvalue weighted by Crippen LogP contribution is 2.22. The van der Waals surface area contributed by atoms with E-state index in [9.17, 15) is 4.79 Å². The highest BCUT2D eigenvalue weighted by Gasteiger charge is 2.38. The van der Waals surface area contributed by atoms with Crippen LogP contribution in [0.15, 0.2) is 28.8 Å². The Kier molecular flexibility index (Phi) is 3.12. The van der Waals surface area contributed by atoms with Crippen LogP contribution >= 0.6 is 0 Å². The summed E-state index contributed by atoms with van der Waals surface area (Å²) in [5, 5.41) is 8.25.